The predicted octanol–water partition coefficient (Wildman–Crippen LogP) is 1.44. The summed E-state index contributed by atoms with van der Waals surface area (Å²) in [4.78, 5) is 36.4. The van der Waals surface area contributed by atoms with E-state index in [4.69, 9.17) is 4.74 Å². The zero-order valence-corrected chi connectivity index (χ0v) is 14.7. The monoisotopic (exact) mass is 356 g/mol. The van der Waals surface area contributed by atoms with E-state index >= 15 is 0 Å². The van der Waals surface area contributed by atoms with Crippen LogP contribution in [0.3, 0.4) is 0 Å². The molecule has 1 aromatic heterocycles. The van der Waals surface area contributed by atoms with Crippen molar-refractivity contribution in [3.05, 3.63) is 28.6 Å². The third-order valence-electron chi connectivity index (χ3n) is 4.56. The second-order valence-electron chi connectivity index (χ2n) is 6.45. The van der Waals surface area contributed by atoms with Gasteiger partial charge in [-0.3, -0.25) is 9.69 Å². The molecule has 8 nitrogen and oxygen atoms in total. The Bertz CT molecular complexity index is 842. The van der Waals surface area contributed by atoms with E-state index < -0.39 is 24.5 Å². The molecule has 3 rings (SSSR count). The van der Waals surface area contributed by atoms with Crippen LogP contribution in [0.5, 0.6) is 0 Å². The topological polar surface area (TPSA) is 104 Å². The number of rotatable bonds is 5. The number of esters is 1. The summed E-state index contributed by atoms with van der Waals surface area (Å²) in [5, 5.41) is 11.8. The van der Waals surface area contributed by atoms with Crippen molar-refractivity contribution in [1.29, 1.82) is 5.26 Å². The van der Waals surface area contributed by atoms with Crippen LogP contribution in [-0.2, 0) is 14.3 Å². The highest BCUT2D eigenvalue weighted by molar-refractivity contribution is 6.01. The normalized spacial score (nSPS) is 17.0. The van der Waals surface area contributed by atoms with Gasteiger partial charge in [0.05, 0.1) is 0 Å². The molecule has 2 fully saturated rings. The predicted molar refractivity (Wildman–Crippen MR) is 91.8 cm³/mol. The number of amides is 3. The van der Waals surface area contributed by atoms with Gasteiger partial charge < -0.3 is 14.6 Å². The molecule has 8 heteroatoms. The summed E-state index contributed by atoms with van der Waals surface area (Å²) in [6.07, 6.45) is 3.76. The quantitative estimate of drug-likeness (QED) is 0.488. The van der Waals surface area contributed by atoms with Crippen LogP contribution in [0.25, 0.3) is 6.08 Å². The number of nitrogens with one attached hydrogen (secondary N) is 1. The number of hydrogen-bond acceptors (Lipinski definition) is 5. The summed E-state index contributed by atoms with van der Waals surface area (Å²) in [5.74, 6) is -1.49. The lowest BCUT2D eigenvalue weighted by Gasteiger charge is -2.11. The minimum absolute atomic E-state index is 0.181. The Morgan fingerprint density at radius 2 is 2.15 bits per heavy atom. The number of nitriles is 1. The molecule has 1 aliphatic carbocycles. The Balaban J connectivity index is 1.68. The first-order valence-electron chi connectivity index (χ1n) is 8.48. The molecule has 2 heterocycles. The number of nitrogens with zero attached hydrogens (tertiary/aromatic N) is 3. The molecule has 0 atom stereocenters. The highest BCUT2D eigenvalue weighted by atomic mass is 16.5. The molecule has 0 radical (unpaired) electrons. The van der Waals surface area contributed by atoms with Gasteiger partial charge in [0.15, 0.2) is 6.61 Å². The number of aryl methyl sites for hydroxylation is 1. The number of carbonyl (C=O) groups excluding carboxylic acids is 3. The number of hydrogen-bond donors (Lipinski definition) is 1. The van der Waals surface area contributed by atoms with Crippen LogP contribution < -0.4 is 5.32 Å². The van der Waals surface area contributed by atoms with Crippen molar-refractivity contribution in [3.63, 3.8) is 0 Å². The molecule has 1 aliphatic heterocycles. The Morgan fingerprint density at radius 3 is 2.73 bits per heavy atom. The number of aromatic nitrogens is 1. The van der Waals surface area contributed by atoms with Crippen molar-refractivity contribution >= 4 is 24.0 Å². The average Bonchev–Trinajstić information content (AvgIpc) is 3.28. The lowest BCUT2D eigenvalue weighted by molar-refractivity contribution is -0.146. The summed E-state index contributed by atoms with van der Waals surface area (Å²) >= 11 is 0. The van der Waals surface area contributed by atoms with Crippen molar-refractivity contribution < 1.29 is 19.1 Å². The maximum absolute atomic E-state index is 12.1. The summed E-state index contributed by atoms with van der Waals surface area (Å²) in [5.41, 5.74) is 2.68. The van der Waals surface area contributed by atoms with Crippen LogP contribution in [0, 0.1) is 25.2 Å². The van der Waals surface area contributed by atoms with E-state index in [0.29, 0.717) is 12.6 Å². The standard InChI is InChI=1S/C18H20N4O4/c1-11-7-13(12(2)22(11)15-3-4-15)8-14(9-19)17(24)26-10-16(23)21-6-5-20-18(21)25/h7-8,15H,3-6,10H2,1-2H3,(H,20,25)/b14-8+. The third-order valence-corrected chi connectivity index (χ3v) is 4.56. The summed E-state index contributed by atoms with van der Waals surface area (Å²) in [6, 6.07) is 3.75. The molecule has 0 aromatic carbocycles. The number of carbonyl (C=O) groups is 3. The van der Waals surface area contributed by atoms with E-state index in [0.717, 1.165) is 34.7 Å². The Morgan fingerprint density at radius 1 is 1.42 bits per heavy atom. The number of ether oxygens (including phenoxy) is 1. The van der Waals surface area contributed by atoms with E-state index in [1.165, 1.54) is 6.08 Å². The van der Waals surface area contributed by atoms with Gasteiger partial charge in [-0.25, -0.2) is 9.59 Å². The first-order chi connectivity index (χ1) is 12.4. The number of imide groups is 1. The molecule has 1 aromatic rings. The van der Waals surface area contributed by atoms with E-state index in [9.17, 15) is 19.6 Å². The highest BCUT2D eigenvalue weighted by Crippen LogP contribution is 2.38. The van der Waals surface area contributed by atoms with Crippen molar-refractivity contribution in [3.8, 4) is 6.07 Å². The maximum Gasteiger partial charge on any atom is 0.349 e. The van der Waals surface area contributed by atoms with Crippen LogP contribution in [0.4, 0.5) is 4.79 Å². The Hall–Kier alpha value is -3.08. The molecule has 0 spiro atoms. The minimum Gasteiger partial charge on any atom is -0.451 e. The third kappa shape index (κ3) is 3.47. The zero-order valence-electron chi connectivity index (χ0n) is 14.7. The first kappa shape index (κ1) is 17.7. The molecular formula is C18H20N4O4. The van der Waals surface area contributed by atoms with Gasteiger partial charge in [-0.2, -0.15) is 5.26 Å². The van der Waals surface area contributed by atoms with Crippen LogP contribution in [0.15, 0.2) is 11.6 Å². The van der Waals surface area contributed by atoms with E-state index in [1.807, 2.05) is 26.0 Å². The van der Waals surface area contributed by atoms with Gasteiger partial charge in [-0.05, 0) is 44.4 Å². The van der Waals surface area contributed by atoms with Crippen LogP contribution >= 0.6 is 0 Å². The molecule has 136 valence electrons. The fraction of sp³-hybridized carbons (Fsp3) is 0.444. The van der Waals surface area contributed by atoms with Gasteiger partial charge in [0, 0.05) is 30.5 Å². The zero-order chi connectivity index (χ0) is 18.8. The second kappa shape index (κ2) is 7.04. The van der Waals surface area contributed by atoms with Gasteiger partial charge in [0.1, 0.15) is 11.6 Å². The smallest absolute Gasteiger partial charge is 0.349 e. The molecular weight excluding hydrogens is 336 g/mol. The minimum atomic E-state index is -0.878. The molecule has 1 saturated heterocycles. The van der Waals surface area contributed by atoms with Gasteiger partial charge >= 0.3 is 12.0 Å². The van der Waals surface area contributed by atoms with Crippen LogP contribution in [0.2, 0.25) is 0 Å². The SMILES string of the molecule is Cc1cc(/C=C(\C#N)C(=O)OCC(=O)N2CCNC2=O)c(C)n1C1CC1. The van der Waals surface area contributed by atoms with E-state index in [2.05, 4.69) is 9.88 Å². The van der Waals surface area contributed by atoms with Crippen molar-refractivity contribution in [2.45, 2.75) is 32.7 Å². The maximum atomic E-state index is 12.1. The summed E-state index contributed by atoms with van der Waals surface area (Å²) in [7, 11) is 0. The van der Waals surface area contributed by atoms with E-state index in [-0.39, 0.29) is 12.1 Å². The van der Waals surface area contributed by atoms with Gasteiger partial charge in [-0.15, -0.1) is 0 Å². The molecule has 1 N–H and O–H groups in total. The Labute approximate surface area is 151 Å². The second-order valence-corrected chi connectivity index (χ2v) is 6.45. The van der Waals surface area contributed by atoms with E-state index in [1.54, 1.807) is 0 Å². The van der Waals surface area contributed by atoms with Gasteiger partial charge in [0.25, 0.3) is 5.91 Å². The largest absolute Gasteiger partial charge is 0.451 e. The fourth-order valence-corrected chi connectivity index (χ4v) is 3.13. The molecule has 26 heavy (non-hydrogen) atoms. The molecule has 0 unspecified atom stereocenters. The lowest BCUT2D eigenvalue weighted by Crippen LogP contribution is -2.37. The number of urea groups is 1. The van der Waals surface area contributed by atoms with Crippen molar-refractivity contribution in [2.75, 3.05) is 19.7 Å². The van der Waals surface area contributed by atoms with Crippen molar-refractivity contribution in [2.24, 2.45) is 0 Å². The highest BCUT2D eigenvalue weighted by Gasteiger charge is 2.28. The first-order valence-corrected chi connectivity index (χ1v) is 8.48. The molecule has 2 aliphatic rings. The summed E-state index contributed by atoms with van der Waals surface area (Å²) < 4.78 is 7.13. The average molecular weight is 356 g/mol. The van der Waals surface area contributed by atoms with Crippen molar-refractivity contribution in [1.82, 2.24) is 14.8 Å². The van der Waals surface area contributed by atoms with Gasteiger partial charge in [-0.1, -0.05) is 0 Å². The lowest BCUT2D eigenvalue weighted by atomic mass is 10.1. The molecule has 0 bridgehead atoms. The summed E-state index contributed by atoms with van der Waals surface area (Å²) in [6.45, 7) is 3.98. The molecule has 1 saturated carbocycles. The Kier molecular flexibility index (Phi) is 4.80. The van der Waals surface area contributed by atoms with Crippen LogP contribution in [-0.4, -0.2) is 47.1 Å². The van der Waals surface area contributed by atoms with Gasteiger partial charge in [0.2, 0.25) is 0 Å². The van der Waals surface area contributed by atoms with Crippen LogP contribution in [0.1, 0.15) is 35.8 Å². The fourth-order valence-electron chi connectivity index (χ4n) is 3.13. The molecule has 3 amide bonds.